The minimum atomic E-state index is -4.39. The van der Waals surface area contributed by atoms with Crippen LogP contribution in [0, 0.1) is 0 Å². The molecule has 1 fully saturated rings. The number of hydrogen-bond acceptors (Lipinski definition) is 3. The van der Waals surface area contributed by atoms with E-state index in [1.54, 1.807) is 18.2 Å². The lowest BCUT2D eigenvalue weighted by molar-refractivity contribution is -0.139. The van der Waals surface area contributed by atoms with Gasteiger partial charge in [0.25, 0.3) is 0 Å². The number of fused-ring (bicyclic) bond motifs is 1. The molecule has 6 nitrogen and oxygen atoms in total. The number of aromatic nitrogens is 2. The highest BCUT2D eigenvalue weighted by molar-refractivity contribution is 6.06. The van der Waals surface area contributed by atoms with E-state index in [4.69, 9.17) is 0 Å². The van der Waals surface area contributed by atoms with Gasteiger partial charge >= 0.3 is 6.18 Å². The highest BCUT2D eigenvalue weighted by Gasteiger charge is 2.31. The van der Waals surface area contributed by atoms with Crippen LogP contribution in [0.15, 0.2) is 59.3 Å². The maximum atomic E-state index is 13.7. The number of amidine groups is 1. The summed E-state index contributed by atoms with van der Waals surface area (Å²) in [6.07, 6.45) is 6.05. The van der Waals surface area contributed by atoms with Gasteiger partial charge in [0.05, 0.1) is 11.2 Å². The van der Waals surface area contributed by atoms with E-state index in [1.807, 2.05) is 18.3 Å². The van der Waals surface area contributed by atoms with Crippen LogP contribution in [-0.4, -0.2) is 47.0 Å². The molecule has 1 aromatic carbocycles. The van der Waals surface area contributed by atoms with Crippen molar-refractivity contribution in [3.63, 3.8) is 0 Å². The van der Waals surface area contributed by atoms with Gasteiger partial charge in [0.1, 0.15) is 6.54 Å². The Morgan fingerprint density at radius 1 is 1.10 bits per heavy atom. The van der Waals surface area contributed by atoms with Gasteiger partial charge in [-0.25, -0.2) is 4.99 Å². The molecule has 9 heteroatoms. The average Bonchev–Trinajstić information content (AvgIpc) is 3.53. The Balaban J connectivity index is 1.49. The highest BCUT2D eigenvalue weighted by Crippen LogP contribution is 2.32. The zero-order valence-electron chi connectivity index (χ0n) is 23.8. The SMILES string of the molecule is C=NC(=NCCCNC(=C)c1ccn(C(C)(C)C)c1)c1cc2c(NC3CCCCC3)cccc2n1CC(F)(F)F. The van der Waals surface area contributed by atoms with Crippen LogP contribution in [0.4, 0.5) is 18.9 Å². The fourth-order valence-corrected chi connectivity index (χ4v) is 5.22. The van der Waals surface area contributed by atoms with Crippen molar-refractivity contribution in [2.75, 3.05) is 18.4 Å². The molecule has 216 valence electrons. The first kappa shape index (κ1) is 29.5. The minimum absolute atomic E-state index is 0.0113. The summed E-state index contributed by atoms with van der Waals surface area (Å²) in [4.78, 5) is 8.60. The van der Waals surface area contributed by atoms with E-state index in [-0.39, 0.29) is 11.4 Å². The lowest BCUT2D eigenvalue weighted by atomic mass is 9.95. The number of hydrogen-bond donors (Lipinski definition) is 2. The molecule has 1 aliphatic rings. The summed E-state index contributed by atoms with van der Waals surface area (Å²) in [5, 5.41) is 7.64. The van der Waals surface area contributed by atoms with Crippen LogP contribution in [-0.2, 0) is 12.1 Å². The van der Waals surface area contributed by atoms with E-state index in [9.17, 15) is 13.2 Å². The van der Waals surface area contributed by atoms with Gasteiger partial charge in [0, 0.05) is 59.4 Å². The zero-order chi connectivity index (χ0) is 28.9. The summed E-state index contributed by atoms with van der Waals surface area (Å²) in [5.74, 6) is 0.213. The van der Waals surface area contributed by atoms with Crippen molar-refractivity contribution in [1.82, 2.24) is 14.5 Å². The van der Waals surface area contributed by atoms with Gasteiger partial charge in [-0.2, -0.15) is 13.2 Å². The number of anilines is 1. The summed E-state index contributed by atoms with van der Waals surface area (Å²) in [6.45, 7) is 14.1. The van der Waals surface area contributed by atoms with Crippen molar-refractivity contribution < 1.29 is 13.2 Å². The molecule has 40 heavy (non-hydrogen) atoms. The molecule has 0 saturated heterocycles. The third-order valence-electron chi connectivity index (χ3n) is 7.38. The third kappa shape index (κ3) is 7.37. The quantitative estimate of drug-likeness (QED) is 0.154. The Morgan fingerprint density at radius 2 is 1.85 bits per heavy atom. The van der Waals surface area contributed by atoms with Gasteiger partial charge in [-0.1, -0.05) is 31.9 Å². The fraction of sp³-hybridized carbons (Fsp3) is 0.484. The maximum absolute atomic E-state index is 13.7. The first-order chi connectivity index (χ1) is 19.0. The third-order valence-corrected chi connectivity index (χ3v) is 7.38. The standard InChI is InChI=1S/C31H41F3N6/c1-22(23-15-18-39(20-23)30(2,3)4)36-16-10-17-37-29(35-5)28-19-25-26(38-24-11-7-6-8-12-24)13-9-14-27(25)40(28)21-31(32,33)34/h9,13-15,18-20,24,36,38H,1,5-8,10-12,16-17,21H2,2-4H3. The van der Waals surface area contributed by atoms with Crippen LogP contribution in [0.2, 0.25) is 0 Å². The van der Waals surface area contributed by atoms with E-state index in [0.717, 1.165) is 48.0 Å². The number of halogens is 3. The van der Waals surface area contributed by atoms with E-state index in [0.29, 0.717) is 36.8 Å². The van der Waals surface area contributed by atoms with E-state index >= 15 is 0 Å². The van der Waals surface area contributed by atoms with E-state index in [1.165, 1.54) is 11.0 Å². The van der Waals surface area contributed by atoms with Crippen LogP contribution >= 0.6 is 0 Å². The van der Waals surface area contributed by atoms with Gasteiger partial charge in [0.15, 0.2) is 5.84 Å². The van der Waals surface area contributed by atoms with Crippen LogP contribution in [0.25, 0.3) is 16.6 Å². The van der Waals surface area contributed by atoms with Crippen molar-refractivity contribution in [2.24, 2.45) is 9.98 Å². The second-order valence-electron chi connectivity index (χ2n) is 11.5. The summed E-state index contributed by atoms with van der Waals surface area (Å²) in [6, 6.07) is 9.57. The lowest BCUT2D eigenvalue weighted by Gasteiger charge is -2.24. The minimum Gasteiger partial charge on any atom is -0.385 e. The number of aliphatic imine (C=N–C) groups is 2. The van der Waals surface area contributed by atoms with E-state index in [2.05, 4.69) is 65.4 Å². The summed E-state index contributed by atoms with van der Waals surface area (Å²) in [5.41, 5.74) is 3.49. The number of rotatable bonds is 10. The zero-order valence-corrected chi connectivity index (χ0v) is 23.8. The molecule has 2 N–H and O–H groups in total. The molecule has 0 unspecified atom stereocenters. The van der Waals surface area contributed by atoms with Crippen molar-refractivity contribution in [3.05, 3.63) is 60.6 Å². The Labute approximate surface area is 235 Å². The van der Waals surface area contributed by atoms with Crippen LogP contribution in [0.5, 0.6) is 0 Å². The monoisotopic (exact) mass is 554 g/mol. The molecule has 2 aromatic heterocycles. The first-order valence-corrected chi connectivity index (χ1v) is 14.0. The number of nitrogens with one attached hydrogen (secondary N) is 2. The number of nitrogens with zero attached hydrogens (tertiary/aromatic N) is 4. The second-order valence-corrected chi connectivity index (χ2v) is 11.5. The summed E-state index contributed by atoms with van der Waals surface area (Å²) >= 11 is 0. The Morgan fingerprint density at radius 3 is 2.50 bits per heavy atom. The molecule has 0 amide bonds. The molecule has 0 spiro atoms. The molecule has 4 rings (SSSR count). The summed E-state index contributed by atoms with van der Waals surface area (Å²) < 4.78 is 44.4. The number of alkyl halides is 3. The van der Waals surface area contributed by atoms with Gasteiger partial charge < -0.3 is 19.8 Å². The molecule has 0 aliphatic heterocycles. The predicted molar refractivity (Wildman–Crippen MR) is 161 cm³/mol. The average molecular weight is 555 g/mol. The largest absolute Gasteiger partial charge is 0.406 e. The van der Waals surface area contributed by atoms with Gasteiger partial charge in [0.2, 0.25) is 0 Å². The van der Waals surface area contributed by atoms with Gasteiger partial charge in [-0.05, 0) is 71.0 Å². The topological polar surface area (TPSA) is 58.6 Å². The van der Waals surface area contributed by atoms with Gasteiger partial charge in [-0.3, -0.25) is 4.99 Å². The Hall–Kier alpha value is -3.49. The predicted octanol–water partition coefficient (Wildman–Crippen LogP) is 7.60. The second kappa shape index (κ2) is 12.4. The molecule has 0 radical (unpaired) electrons. The smallest absolute Gasteiger partial charge is 0.385 e. The molecular weight excluding hydrogens is 513 g/mol. The highest BCUT2D eigenvalue weighted by atomic mass is 19.4. The molecule has 3 aromatic rings. The molecule has 1 saturated carbocycles. The fourth-order valence-electron chi connectivity index (χ4n) is 5.22. The van der Waals surface area contributed by atoms with Crippen LogP contribution in [0.1, 0.15) is 70.6 Å². The molecule has 2 heterocycles. The number of benzene rings is 1. The van der Waals surface area contributed by atoms with Crippen molar-refractivity contribution >= 4 is 34.8 Å². The summed E-state index contributed by atoms with van der Waals surface area (Å²) in [7, 11) is 0. The van der Waals surface area contributed by atoms with Crippen molar-refractivity contribution in [3.8, 4) is 0 Å². The van der Waals surface area contributed by atoms with E-state index < -0.39 is 12.7 Å². The molecule has 0 atom stereocenters. The van der Waals surface area contributed by atoms with Crippen LogP contribution in [0.3, 0.4) is 0 Å². The Kier molecular flexibility index (Phi) is 9.11. The molecular formula is C31H41F3N6. The van der Waals surface area contributed by atoms with Crippen molar-refractivity contribution in [1.29, 1.82) is 0 Å². The first-order valence-electron chi connectivity index (χ1n) is 14.0. The van der Waals surface area contributed by atoms with Crippen molar-refractivity contribution in [2.45, 2.75) is 83.6 Å². The van der Waals surface area contributed by atoms with Gasteiger partial charge in [-0.15, -0.1) is 0 Å². The lowest BCUT2D eigenvalue weighted by Crippen LogP contribution is -2.22. The molecule has 0 bridgehead atoms. The normalized spacial score (nSPS) is 15.4. The maximum Gasteiger partial charge on any atom is 0.406 e. The Bertz CT molecular complexity index is 1350. The van der Waals surface area contributed by atoms with Crippen LogP contribution < -0.4 is 10.6 Å². The molecule has 1 aliphatic carbocycles.